The monoisotopic (exact) mass is 1150 g/mol. The van der Waals surface area contributed by atoms with Gasteiger partial charge >= 0.3 is 5.97 Å². The fourth-order valence-corrected chi connectivity index (χ4v) is 12.0. The minimum absolute atomic E-state index is 0.0137. The van der Waals surface area contributed by atoms with Crippen LogP contribution in [0, 0.1) is 0 Å². The molecule has 82 heavy (non-hydrogen) atoms. The maximum absolute atomic E-state index is 12.5. The van der Waals surface area contributed by atoms with Crippen LogP contribution in [0.4, 0.5) is 0 Å². The summed E-state index contributed by atoms with van der Waals surface area (Å²) in [6.45, 7) is 4.93. The SMILES string of the molecule is CCCCCC/C=C\CCCCCCCC(=O)OCCCCCCCCCCCCCCCCCCCCCCCCCCCCCCCCCCCCCC(=O)NC(CO)C(O)/C=C/CCCCCCCCCCCCCCCCC. The first kappa shape index (κ1) is 80.3. The molecular weight excluding hydrogens is 1010 g/mol. The first-order valence-electron chi connectivity index (χ1n) is 37.6. The Morgan fingerprint density at radius 1 is 0.329 bits per heavy atom. The summed E-state index contributed by atoms with van der Waals surface area (Å²) in [6, 6.07) is -0.624. The van der Waals surface area contributed by atoms with Gasteiger partial charge in [0.25, 0.3) is 0 Å². The maximum atomic E-state index is 12.5. The highest BCUT2D eigenvalue weighted by molar-refractivity contribution is 5.76. The van der Waals surface area contributed by atoms with Gasteiger partial charge in [0.2, 0.25) is 5.91 Å². The van der Waals surface area contributed by atoms with Crippen molar-refractivity contribution in [2.75, 3.05) is 13.2 Å². The number of unbranched alkanes of at least 4 members (excludes halogenated alkanes) is 58. The molecule has 0 aromatic carbocycles. The minimum Gasteiger partial charge on any atom is -0.466 e. The van der Waals surface area contributed by atoms with Crippen LogP contribution in [0.5, 0.6) is 0 Å². The third kappa shape index (κ3) is 67.5. The van der Waals surface area contributed by atoms with Crippen LogP contribution in [-0.2, 0) is 14.3 Å². The molecule has 0 saturated heterocycles. The van der Waals surface area contributed by atoms with Crippen molar-refractivity contribution in [2.24, 2.45) is 0 Å². The first-order chi connectivity index (χ1) is 40.5. The average molecular weight is 1160 g/mol. The van der Waals surface area contributed by atoms with Gasteiger partial charge in [0, 0.05) is 12.8 Å². The zero-order chi connectivity index (χ0) is 59.2. The van der Waals surface area contributed by atoms with E-state index < -0.39 is 12.1 Å². The summed E-state index contributed by atoms with van der Waals surface area (Å²) >= 11 is 0. The Bertz CT molecular complexity index is 1280. The van der Waals surface area contributed by atoms with Gasteiger partial charge in [-0.15, -0.1) is 0 Å². The van der Waals surface area contributed by atoms with E-state index in [2.05, 4.69) is 31.3 Å². The van der Waals surface area contributed by atoms with Crippen molar-refractivity contribution in [2.45, 2.75) is 437 Å². The van der Waals surface area contributed by atoms with Gasteiger partial charge in [-0.2, -0.15) is 0 Å². The third-order valence-corrected chi connectivity index (χ3v) is 17.7. The van der Waals surface area contributed by atoms with E-state index in [0.29, 0.717) is 19.4 Å². The number of ether oxygens (including phenoxy) is 1. The van der Waals surface area contributed by atoms with Crippen LogP contribution in [0.3, 0.4) is 0 Å². The molecular formula is C76H147NO5. The van der Waals surface area contributed by atoms with Crippen LogP contribution in [-0.4, -0.2) is 47.4 Å². The van der Waals surface area contributed by atoms with Gasteiger partial charge in [-0.25, -0.2) is 0 Å². The molecule has 0 aromatic rings. The Kier molecular flexibility index (Phi) is 70.4. The number of aliphatic hydroxyl groups is 2. The van der Waals surface area contributed by atoms with E-state index in [1.165, 1.54) is 353 Å². The van der Waals surface area contributed by atoms with Crippen molar-refractivity contribution < 1.29 is 24.5 Å². The van der Waals surface area contributed by atoms with Crippen LogP contribution >= 0.6 is 0 Å². The second-order valence-electron chi connectivity index (χ2n) is 26.0. The molecule has 0 bridgehead atoms. The van der Waals surface area contributed by atoms with E-state index >= 15 is 0 Å². The minimum atomic E-state index is -0.841. The fraction of sp³-hybridized carbons (Fsp3) is 0.921. The molecule has 486 valence electrons. The molecule has 6 heteroatoms. The van der Waals surface area contributed by atoms with Crippen molar-refractivity contribution >= 4 is 11.9 Å². The molecule has 0 saturated carbocycles. The molecule has 0 aliphatic rings. The zero-order valence-corrected chi connectivity index (χ0v) is 55.8. The molecule has 3 N–H and O–H groups in total. The number of allylic oxidation sites excluding steroid dienone is 3. The largest absolute Gasteiger partial charge is 0.466 e. The lowest BCUT2D eigenvalue weighted by atomic mass is 10.0. The highest BCUT2D eigenvalue weighted by Gasteiger charge is 2.18. The Morgan fingerprint density at radius 3 is 0.878 bits per heavy atom. The summed E-state index contributed by atoms with van der Waals surface area (Å²) < 4.78 is 5.49. The van der Waals surface area contributed by atoms with Gasteiger partial charge in [0.15, 0.2) is 0 Å². The molecule has 0 heterocycles. The van der Waals surface area contributed by atoms with Crippen molar-refractivity contribution in [1.29, 1.82) is 0 Å². The summed E-state index contributed by atoms with van der Waals surface area (Å²) in [5, 5.41) is 23.2. The molecule has 6 nitrogen and oxygen atoms in total. The second-order valence-corrected chi connectivity index (χ2v) is 26.0. The van der Waals surface area contributed by atoms with Gasteiger partial charge in [-0.1, -0.05) is 378 Å². The lowest BCUT2D eigenvalue weighted by molar-refractivity contribution is -0.143. The summed E-state index contributed by atoms with van der Waals surface area (Å²) in [7, 11) is 0. The molecule has 0 spiro atoms. The van der Waals surface area contributed by atoms with Crippen molar-refractivity contribution in [1.82, 2.24) is 5.32 Å². The smallest absolute Gasteiger partial charge is 0.305 e. The van der Waals surface area contributed by atoms with E-state index in [9.17, 15) is 19.8 Å². The molecule has 1 amide bonds. The standard InChI is InChI=1S/C76H147NO5/c1-3-5-7-9-11-13-15-17-18-38-41-45-48-52-56-60-64-68-74(79)73(72-78)77-75(80)69-65-61-57-53-49-46-42-39-36-34-32-30-28-26-24-22-20-19-21-23-25-27-29-31-33-35-37-40-43-47-51-55-59-63-67-71-82-76(81)70-66-62-58-54-50-44-16-14-12-10-8-6-4-2/h14,16,64,68,73-74,78-79H,3-13,15,17-63,65-67,69-72H2,1-2H3,(H,77,80)/b16-14-,68-64+. The molecule has 2 atom stereocenters. The number of amides is 1. The highest BCUT2D eigenvalue weighted by atomic mass is 16.5. The fourth-order valence-electron chi connectivity index (χ4n) is 12.0. The molecule has 0 aliphatic carbocycles. The van der Waals surface area contributed by atoms with E-state index in [-0.39, 0.29) is 18.5 Å². The Hall–Kier alpha value is -1.66. The summed E-state index contributed by atoms with van der Waals surface area (Å²) in [4.78, 5) is 24.6. The summed E-state index contributed by atoms with van der Waals surface area (Å²) in [6.07, 6.45) is 91.5. The number of nitrogens with one attached hydrogen (secondary N) is 1. The van der Waals surface area contributed by atoms with Crippen LogP contribution in [0.15, 0.2) is 24.3 Å². The number of hydrogen-bond donors (Lipinski definition) is 3. The average Bonchev–Trinajstić information content (AvgIpc) is 3.48. The van der Waals surface area contributed by atoms with Gasteiger partial charge in [0.05, 0.1) is 25.4 Å². The second kappa shape index (κ2) is 71.8. The number of aliphatic hydroxyl groups excluding tert-OH is 2. The van der Waals surface area contributed by atoms with Gasteiger partial charge in [-0.05, 0) is 57.8 Å². The van der Waals surface area contributed by atoms with E-state index in [4.69, 9.17) is 4.74 Å². The normalized spacial score (nSPS) is 12.6. The van der Waals surface area contributed by atoms with Crippen LogP contribution < -0.4 is 5.32 Å². The Balaban J connectivity index is 3.32. The first-order valence-corrected chi connectivity index (χ1v) is 37.6. The number of esters is 1. The summed E-state index contributed by atoms with van der Waals surface area (Å²) in [5.41, 5.74) is 0. The van der Waals surface area contributed by atoms with Gasteiger partial charge < -0.3 is 20.3 Å². The van der Waals surface area contributed by atoms with E-state index in [1.807, 2.05) is 6.08 Å². The predicted octanol–water partition coefficient (Wildman–Crippen LogP) is 24.5. The lowest BCUT2D eigenvalue weighted by Crippen LogP contribution is -2.45. The highest BCUT2D eigenvalue weighted by Crippen LogP contribution is 2.19. The molecule has 0 fully saturated rings. The van der Waals surface area contributed by atoms with Crippen LogP contribution in [0.25, 0.3) is 0 Å². The van der Waals surface area contributed by atoms with Gasteiger partial charge in [0.1, 0.15) is 0 Å². The number of carbonyl (C=O) groups is 2. The van der Waals surface area contributed by atoms with Crippen molar-refractivity contribution in [3.05, 3.63) is 24.3 Å². The number of carbonyl (C=O) groups excluding carboxylic acids is 2. The van der Waals surface area contributed by atoms with E-state index in [0.717, 1.165) is 44.9 Å². The van der Waals surface area contributed by atoms with Crippen LogP contribution in [0.1, 0.15) is 425 Å². The van der Waals surface area contributed by atoms with E-state index in [1.54, 1.807) is 6.08 Å². The van der Waals surface area contributed by atoms with Crippen molar-refractivity contribution in [3.8, 4) is 0 Å². The summed E-state index contributed by atoms with van der Waals surface area (Å²) in [5.74, 6) is -0.0454. The van der Waals surface area contributed by atoms with Crippen molar-refractivity contribution in [3.63, 3.8) is 0 Å². The molecule has 2 unspecified atom stereocenters. The third-order valence-electron chi connectivity index (χ3n) is 17.7. The molecule has 0 rings (SSSR count). The zero-order valence-electron chi connectivity index (χ0n) is 55.8. The molecule has 0 aliphatic heterocycles. The number of hydrogen-bond acceptors (Lipinski definition) is 5. The Labute approximate surface area is 513 Å². The molecule has 0 radical (unpaired) electrons. The van der Waals surface area contributed by atoms with Crippen LogP contribution in [0.2, 0.25) is 0 Å². The molecule has 0 aromatic heterocycles. The maximum Gasteiger partial charge on any atom is 0.305 e. The Morgan fingerprint density at radius 2 is 0.573 bits per heavy atom. The van der Waals surface area contributed by atoms with Gasteiger partial charge in [-0.3, -0.25) is 9.59 Å². The lowest BCUT2D eigenvalue weighted by Gasteiger charge is -2.20. The quantitative estimate of drug-likeness (QED) is 0.0320. The topological polar surface area (TPSA) is 95.9 Å². The predicted molar refractivity (Wildman–Crippen MR) is 361 cm³/mol. The number of rotatable bonds is 71.